The molecule has 1 aliphatic heterocycles. The molecule has 1 fully saturated rings. The number of aromatic nitrogens is 7. The van der Waals surface area contributed by atoms with Gasteiger partial charge in [-0.25, -0.2) is 9.67 Å². The Bertz CT molecular complexity index is 1680. The maximum atomic E-state index is 14.4. The SMILES string of the molecule is O=C(Nc1cnc(-n2nccn2)c(Cl)c1)c1cnn(-c2cnc([C@@H]3CCCO3)c3ccccc23)c1C(F)(F)F. The number of hydrogen-bond acceptors (Lipinski definition) is 7. The van der Waals surface area contributed by atoms with Crippen LogP contribution in [0.5, 0.6) is 0 Å². The van der Waals surface area contributed by atoms with Gasteiger partial charge in [-0.1, -0.05) is 35.9 Å². The zero-order valence-electron chi connectivity index (χ0n) is 19.9. The molecule has 0 unspecified atom stereocenters. The van der Waals surface area contributed by atoms with Crippen molar-refractivity contribution >= 4 is 34.0 Å². The number of halogens is 4. The molecule has 198 valence electrons. The van der Waals surface area contributed by atoms with Crippen molar-refractivity contribution in [2.24, 2.45) is 0 Å². The minimum Gasteiger partial charge on any atom is -0.372 e. The highest BCUT2D eigenvalue weighted by atomic mass is 35.5. The number of carbonyl (C=O) groups is 1. The first-order valence-corrected chi connectivity index (χ1v) is 12.2. The van der Waals surface area contributed by atoms with E-state index in [-0.39, 0.29) is 28.3 Å². The summed E-state index contributed by atoms with van der Waals surface area (Å²) < 4.78 is 49.6. The molecule has 0 saturated carbocycles. The highest BCUT2D eigenvalue weighted by Gasteiger charge is 2.41. The van der Waals surface area contributed by atoms with Gasteiger partial charge in [0.2, 0.25) is 0 Å². The molecule has 1 saturated heterocycles. The van der Waals surface area contributed by atoms with Crippen molar-refractivity contribution in [1.29, 1.82) is 0 Å². The van der Waals surface area contributed by atoms with E-state index in [1.54, 1.807) is 24.3 Å². The van der Waals surface area contributed by atoms with Crippen LogP contribution in [0, 0.1) is 0 Å². The molecule has 5 heterocycles. The molecule has 6 rings (SSSR count). The Morgan fingerprint density at radius 2 is 1.82 bits per heavy atom. The van der Waals surface area contributed by atoms with E-state index >= 15 is 0 Å². The van der Waals surface area contributed by atoms with Gasteiger partial charge in [0.15, 0.2) is 11.5 Å². The summed E-state index contributed by atoms with van der Waals surface area (Å²) in [5, 5.41) is 15.5. The molecule has 1 amide bonds. The minimum atomic E-state index is -4.91. The monoisotopic (exact) mass is 554 g/mol. The predicted molar refractivity (Wildman–Crippen MR) is 134 cm³/mol. The fourth-order valence-electron chi connectivity index (χ4n) is 4.56. The summed E-state index contributed by atoms with van der Waals surface area (Å²) in [6.07, 6.45) is 2.80. The van der Waals surface area contributed by atoms with Gasteiger partial charge in [-0.15, -0.1) is 4.80 Å². The summed E-state index contributed by atoms with van der Waals surface area (Å²) in [6, 6.07) is 8.31. The van der Waals surface area contributed by atoms with Crippen LogP contribution in [-0.4, -0.2) is 47.3 Å². The molecule has 10 nitrogen and oxygen atoms in total. The van der Waals surface area contributed by atoms with Crippen LogP contribution >= 0.6 is 11.6 Å². The molecule has 0 bridgehead atoms. The normalized spacial score (nSPS) is 15.6. The molecule has 1 N–H and O–H groups in total. The quantitative estimate of drug-likeness (QED) is 0.319. The second-order valence-corrected chi connectivity index (χ2v) is 9.10. The summed E-state index contributed by atoms with van der Waals surface area (Å²) in [5.74, 6) is -0.848. The Kier molecular flexibility index (Phi) is 6.23. The topological polar surface area (TPSA) is 113 Å². The van der Waals surface area contributed by atoms with Gasteiger partial charge in [0.1, 0.15) is 6.10 Å². The number of carbonyl (C=O) groups excluding carboxylic acids is 1. The van der Waals surface area contributed by atoms with Crippen LogP contribution in [0.15, 0.2) is 61.3 Å². The van der Waals surface area contributed by atoms with E-state index in [9.17, 15) is 18.0 Å². The molecule has 1 aromatic carbocycles. The highest BCUT2D eigenvalue weighted by Crippen LogP contribution is 2.38. The predicted octanol–water partition coefficient (Wildman–Crippen LogP) is 5.17. The van der Waals surface area contributed by atoms with Crippen LogP contribution in [0.1, 0.15) is 40.7 Å². The van der Waals surface area contributed by atoms with Crippen molar-refractivity contribution in [1.82, 2.24) is 34.7 Å². The first-order chi connectivity index (χ1) is 18.8. The third-order valence-electron chi connectivity index (χ3n) is 6.24. The van der Waals surface area contributed by atoms with E-state index in [0.717, 1.165) is 19.0 Å². The van der Waals surface area contributed by atoms with Gasteiger partial charge in [0.05, 0.1) is 58.6 Å². The lowest BCUT2D eigenvalue weighted by Crippen LogP contribution is -2.21. The summed E-state index contributed by atoms with van der Waals surface area (Å²) in [7, 11) is 0. The molecule has 39 heavy (non-hydrogen) atoms. The highest BCUT2D eigenvalue weighted by molar-refractivity contribution is 6.32. The number of benzene rings is 1. The van der Waals surface area contributed by atoms with E-state index in [0.29, 0.717) is 27.8 Å². The maximum Gasteiger partial charge on any atom is 0.434 e. The van der Waals surface area contributed by atoms with Crippen molar-refractivity contribution in [3.8, 4) is 11.5 Å². The van der Waals surface area contributed by atoms with Gasteiger partial charge >= 0.3 is 6.18 Å². The van der Waals surface area contributed by atoms with E-state index in [2.05, 4.69) is 30.6 Å². The molecule has 0 spiro atoms. The van der Waals surface area contributed by atoms with E-state index in [1.807, 2.05) is 0 Å². The molecular weight excluding hydrogens is 537 g/mol. The lowest BCUT2D eigenvalue weighted by atomic mass is 10.0. The Morgan fingerprint density at radius 1 is 1.05 bits per heavy atom. The third-order valence-corrected chi connectivity index (χ3v) is 6.52. The Labute approximate surface area is 223 Å². The smallest absolute Gasteiger partial charge is 0.372 e. The van der Waals surface area contributed by atoms with Crippen LogP contribution < -0.4 is 5.32 Å². The van der Waals surface area contributed by atoms with Gasteiger partial charge in [0, 0.05) is 17.4 Å². The number of nitrogens with one attached hydrogen (secondary N) is 1. The van der Waals surface area contributed by atoms with E-state index < -0.39 is 23.3 Å². The molecule has 1 aliphatic rings. The fourth-order valence-corrected chi connectivity index (χ4v) is 4.80. The van der Waals surface area contributed by atoms with Crippen LogP contribution in [0.4, 0.5) is 18.9 Å². The van der Waals surface area contributed by atoms with Crippen LogP contribution in [0.2, 0.25) is 5.02 Å². The number of nitrogens with zero attached hydrogens (tertiary/aromatic N) is 7. The van der Waals surface area contributed by atoms with Crippen LogP contribution in [-0.2, 0) is 10.9 Å². The Balaban J connectivity index is 1.38. The van der Waals surface area contributed by atoms with Gasteiger partial charge < -0.3 is 10.1 Å². The van der Waals surface area contributed by atoms with Gasteiger partial charge in [-0.2, -0.15) is 28.5 Å². The summed E-state index contributed by atoms with van der Waals surface area (Å²) in [5.41, 5.74) is -1.10. The number of fused-ring (bicyclic) bond motifs is 1. The number of rotatable bonds is 5. The Morgan fingerprint density at radius 3 is 2.51 bits per heavy atom. The van der Waals surface area contributed by atoms with Gasteiger partial charge in [0.25, 0.3) is 5.91 Å². The van der Waals surface area contributed by atoms with Gasteiger partial charge in [-0.05, 0) is 18.9 Å². The number of ether oxygens (including phenoxy) is 1. The molecular formula is C25H18ClF3N8O2. The van der Waals surface area contributed by atoms with Crippen molar-refractivity contribution in [2.75, 3.05) is 11.9 Å². The van der Waals surface area contributed by atoms with Crippen molar-refractivity contribution in [2.45, 2.75) is 25.1 Å². The van der Waals surface area contributed by atoms with E-state index in [4.69, 9.17) is 16.3 Å². The summed E-state index contributed by atoms with van der Waals surface area (Å²) >= 11 is 6.23. The second kappa shape index (κ2) is 9.75. The molecule has 14 heteroatoms. The average Bonchev–Trinajstić information content (AvgIpc) is 3.70. The first kappa shape index (κ1) is 24.9. The summed E-state index contributed by atoms with van der Waals surface area (Å²) in [4.78, 5) is 22.8. The number of alkyl halides is 3. The zero-order valence-corrected chi connectivity index (χ0v) is 20.7. The van der Waals surface area contributed by atoms with E-state index in [1.165, 1.54) is 35.7 Å². The van der Waals surface area contributed by atoms with Crippen LogP contribution in [0.25, 0.3) is 22.3 Å². The zero-order chi connectivity index (χ0) is 27.1. The Hall–Kier alpha value is -4.36. The molecule has 0 aliphatic carbocycles. The first-order valence-electron chi connectivity index (χ1n) is 11.8. The number of hydrogen-bond donors (Lipinski definition) is 1. The fraction of sp³-hybridized carbons (Fsp3) is 0.200. The standard InChI is InChI=1S/C25H18ClF3N8O2/c26-18-10-14(11-31-23(18)37-32-7-8-33-37)35-24(38)17-12-34-36(22(17)25(27,28)29)19-13-30-21(20-6-3-9-39-20)16-5-2-1-4-15(16)19/h1-2,4-5,7-8,10-13,20H,3,6,9H2,(H,35,38)/t20-/m0/s1. The molecule has 1 atom stereocenters. The van der Waals surface area contributed by atoms with Crippen molar-refractivity contribution in [3.05, 3.63) is 83.3 Å². The number of amides is 1. The number of pyridine rings is 2. The maximum absolute atomic E-state index is 14.4. The molecule has 0 radical (unpaired) electrons. The van der Waals surface area contributed by atoms with Crippen LogP contribution in [0.3, 0.4) is 0 Å². The molecule has 5 aromatic rings. The van der Waals surface area contributed by atoms with Crippen molar-refractivity contribution in [3.63, 3.8) is 0 Å². The average molecular weight is 555 g/mol. The van der Waals surface area contributed by atoms with Crippen molar-refractivity contribution < 1.29 is 22.7 Å². The third kappa shape index (κ3) is 4.59. The molecule has 4 aromatic heterocycles. The largest absolute Gasteiger partial charge is 0.434 e. The minimum absolute atomic E-state index is 0.0785. The lowest BCUT2D eigenvalue weighted by Gasteiger charge is -2.17. The summed E-state index contributed by atoms with van der Waals surface area (Å²) in [6.45, 7) is 0.599. The number of anilines is 1. The second-order valence-electron chi connectivity index (χ2n) is 8.69. The van der Waals surface area contributed by atoms with Gasteiger partial charge in [-0.3, -0.25) is 9.78 Å². The lowest BCUT2D eigenvalue weighted by molar-refractivity contribution is -0.143.